The van der Waals surface area contributed by atoms with Crippen molar-refractivity contribution in [1.82, 2.24) is 0 Å². The zero-order valence-electron chi connectivity index (χ0n) is 15.5. The number of fused-ring (bicyclic) bond motifs is 1. The summed E-state index contributed by atoms with van der Waals surface area (Å²) in [5.41, 5.74) is 7.82. The Morgan fingerprint density at radius 1 is 1.30 bits per heavy atom. The van der Waals surface area contributed by atoms with Crippen LogP contribution in [0.5, 0.6) is 17.2 Å². The van der Waals surface area contributed by atoms with Gasteiger partial charge in [0, 0.05) is 11.8 Å². The van der Waals surface area contributed by atoms with Gasteiger partial charge in [0.05, 0.1) is 36.5 Å². The summed E-state index contributed by atoms with van der Waals surface area (Å²) in [5, 5.41) is 0. The van der Waals surface area contributed by atoms with Crippen LogP contribution < -0.4 is 19.9 Å². The predicted molar refractivity (Wildman–Crippen MR) is 109 cm³/mol. The lowest BCUT2D eigenvalue weighted by Gasteiger charge is -2.19. The molecule has 27 heavy (non-hydrogen) atoms. The van der Waals surface area contributed by atoms with E-state index < -0.39 is 0 Å². The molecule has 2 aromatic carbocycles. The lowest BCUT2D eigenvalue weighted by Crippen LogP contribution is -2.10. The third kappa shape index (κ3) is 4.57. The van der Waals surface area contributed by atoms with Gasteiger partial charge < -0.3 is 19.9 Å². The zero-order chi connectivity index (χ0) is 19.2. The number of benzene rings is 2. The minimum absolute atomic E-state index is 0.121. The number of thioether (sulfide) groups is 1. The molecule has 1 aliphatic rings. The predicted octanol–water partition coefficient (Wildman–Crippen LogP) is 4.45. The molecule has 0 radical (unpaired) electrons. The summed E-state index contributed by atoms with van der Waals surface area (Å²) in [6, 6.07) is 9.09. The maximum Gasteiger partial charge on any atom is 0.189 e. The molecule has 3 rings (SSSR count). The first-order chi connectivity index (χ1) is 13.1. The Hall–Kier alpha value is -2.60. The summed E-state index contributed by atoms with van der Waals surface area (Å²) in [4.78, 5) is 13.8. The second kappa shape index (κ2) is 8.86. The average molecular weight is 385 g/mol. The molecule has 6 heteroatoms. The molecular weight excluding hydrogens is 362 g/mol. The number of nitrogen functional groups attached to an aromatic ring is 1. The fraction of sp³-hybridized carbons (Fsp3) is 0.286. The molecule has 5 nitrogen and oxygen atoms in total. The number of ketones is 1. The molecule has 2 aromatic rings. The number of methoxy groups -OCH3 is 1. The summed E-state index contributed by atoms with van der Waals surface area (Å²) in [7, 11) is 1.57. The van der Waals surface area contributed by atoms with Crippen molar-refractivity contribution in [3.8, 4) is 17.2 Å². The Kier molecular flexibility index (Phi) is 6.29. The molecule has 0 unspecified atom stereocenters. The van der Waals surface area contributed by atoms with Gasteiger partial charge in [0.15, 0.2) is 5.78 Å². The first-order valence-electron chi connectivity index (χ1n) is 8.84. The highest BCUT2D eigenvalue weighted by atomic mass is 32.2. The molecular formula is C21H23NO4S. The highest BCUT2D eigenvalue weighted by molar-refractivity contribution is 7.99. The van der Waals surface area contributed by atoms with E-state index in [9.17, 15) is 4.79 Å². The van der Waals surface area contributed by atoms with E-state index in [-0.39, 0.29) is 5.78 Å². The molecule has 142 valence electrons. The number of allylic oxidation sites excluding steroid dienone is 1. The molecule has 1 aliphatic heterocycles. The maximum atomic E-state index is 12.8. The molecule has 0 amide bonds. The van der Waals surface area contributed by atoms with Crippen molar-refractivity contribution in [3.05, 3.63) is 47.5 Å². The minimum atomic E-state index is -0.121. The van der Waals surface area contributed by atoms with E-state index in [2.05, 4.69) is 0 Å². The van der Waals surface area contributed by atoms with Gasteiger partial charge in [-0.3, -0.25) is 4.79 Å². The van der Waals surface area contributed by atoms with E-state index in [0.29, 0.717) is 36.0 Å². The Bertz CT molecular complexity index is 864. The third-order valence-electron chi connectivity index (χ3n) is 4.05. The number of hydrogen-bond donors (Lipinski definition) is 1. The Labute approximate surface area is 163 Å². The molecule has 0 fully saturated rings. The van der Waals surface area contributed by atoms with Crippen LogP contribution in [-0.2, 0) is 0 Å². The van der Waals surface area contributed by atoms with Gasteiger partial charge in [-0.05, 0) is 36.3 Å². The van der Waals surface area contributed by atoms with Crippen LogP contribution in [0.2, 0.25) is 0 Å². The maximum absolute atomic E-state index is 12.8. The zero-order valence-corrected chi connectivity index (χ0v) is 16.3. The van der Waals surface area contributed by atoms with Crippen LogP contribution in [0, 0.1) is 0 Å². The fourth-order valence-electron chi connectivity index (χ4n) is 2.71. The number of carbonyl (C=O) groups is 1. The van der Waals surface area contributed by atoms with Crippen LogP contribution in [0.3, 0.4) is 0 Å². The van der Waals surface area contributed by atoms with Crippen molar-refractivity contribution < 1.29 is 19.0 Å². The van der Waals surface area contributed by atoms with Crippen LogP contribution in [0.4, 0.5) is 5.69 Å². The van der Waals surface area contributed by atoms with E-state index in [0.717, 1.165) is 28.4 Å². The molecule has 0 bridgehead atoms. The Balaban J connectivity index is 1.87. The number of anilines is 1. The van der Waals surface area contributed by atoms with Crippen LogP contribution in [0.1, 0.15) is 29.3 Å². The van der Waals surface area contributed by atoms with E-state index in [4.69, 9.17) is 19.9 Å². The second-order valence-corrected chi connectivity index (χ2v) is 7.18. The minimum Gasteiger partial charge on any atom is -0.495 e. The van der Waals surface area contributed by atoms with Crippen molar-refractivity contribution in [2.24, 2.45) is 0 Å². The van der Waals surface area contributed by atoms with E-state index in [1.54, 1.807) is 37.1 Å². The molecule has 0 saturated carbocycles. The van der Waals surface area contributed by atoms with Crippen LogP contribution in [0.15, 0.2) is 41.3 Å². The van der Waals surface area contributed by atoms with Crippen LogP contribution in [-0.4, -0.2) is 31.9 Å². The SMILES string of the molecule is CCCOc1cc2c(cc1C(=O)C=Cc1ccc(OC)c(N)c1)SCCO2. The summed E-state index contributed by atoms with van der Waals surface area (Å²) in [6.45, 7) is 3.24. The highest BCUT2D eigenvalue weighted by Crippen LogP contribution is 2.38. The molecule has 0 spiro atoms. The Morgan fingerprint density at radius 3 is 2.89 bits per heavy atom. The average Bonchev–Trinajstić information content (AvgIpc) is 2.69. The fourth-order valence-corrected chi connectivity index (χ4v) is 3.56. The van der Waals surface area contributed by atoms with Gasteiger partial charge in [0.1, 0.15) is 17.2 Å². The van der Waals surface area contributed by atoms with Crippen molar-refractivity contribution in [1.29, 1.82) is 0 Å². The van der Waals surface area contributed by atoms with Gasteiger partial charge in [-0.15, -0.1) is 11.8 Å². The molecule has 2 N–H and O–H groups in total. The van der Waals surface area contributed by atoms with E-state index in [1.165, 1.54) is 6.08 Å². The Morgan fingerprint density at radius 2 is 2.15 bits per heavy atom. The van der Waals surface area contributed by atoms with E-state index in [1.807, 2.05) is 25.1 Å². The third-order valence-corrected chi connectivity index (χ3v) is 5.05. The number of ether oxygens (including phenoxy) is 3. The molecule has 0 saturated heterocycles. The first-order valence-corrected chi connectivity index (χ1v) is 9.83. The lowest BCUT2D eigenvalue weighted by atomic mass is 10.1. The number of rotatable bonds is 7. The van der Waals surface area contributed by atoms with Crippen molar-refractivity contribution in [3.63, 3.8) is 0 Å². The number of carbonyl (C=O) groups excluding carboxylic acids is 1. The standard InChI is InChI=1S/C21H23NO4S/c1-3-8-25-19-13-20-21(27-10-9-26-20)12-15(19)17(23)6-4-14-5-7-18(24-2)16(22)11-14/h4-7,11-13H,3,8-10,22H2,1-2H3. The topological polar surface area (TPSA) is 70.8 Å². The summed E-state index contributed by atoms with van der Waals surface area (Å²) in [5.74, 6) is 2.70. The van der Waals surface area contributed by atoms with Crippen molar-refractivity contribution in [2.45, 2.75) is 18.2 Å². The highest BCUT2D eigenvalue weighted by Gasteiger charge is 2.19. The van der Waals surface area contributed by atoms with Gasteiger partial charge in [-0.2, -0.15) is 0 Å². The monoisotopic (exact) mass is 385 g/mol. The van der Waals surface area contributed by atoms with Gasteiger partial charge >= 0.3 is 0 Å². The number of nitrogens with two attached hydrogens (primary N) is 1. The van der Waals surface area contributed by atoms with Gasteiger partial charge in [-0.1, -0.05) is 19.1 Å². The number of hydrogen-bond acceptors (Lipinski definition) is 6. The second-order valence-electron chi connectivity index (χ2n) is 6.04. The van der Waals surface area contributed by atoms with Gasteiger partial charge in [0.25, 0.3) is 0 Å². The van der Waals surface area contributed by atoms with Crippen LogP contribution in [0.25, 0.3) is 6.08 Å². The molecule has 0 aromatic heterocycles. The van der Waals surface area contributed by atoms with Crippen molar-refractivity contribution in [2.75, 3.05) is 31.8 Å². The molecule has 1 heterocycles. The van der Waals surface area contributed by atoms with Gasteiger partial charge in [0.2, 0.25) is 0 Å². The largest absolute Gasteiger partial charge is 0.495 e. The molecule has 0 atom stereocenters. The van der Waals surface area contributed by atoms with E-state index >= 15 is 0 Å². The quantitative estimate of drug-likeness (QED) is 0.431. The summed E-state index contributed by atoms with van der Waals surface area (Å²) < 4.78 is 16.6. The summed E-state index contributed by atoms with van der Waals surface area (Å²) >= 11 is 1.69. The van der Waals surface area contributed by atoms with Gasteiger partial charge in [-0.25, -0.2) is 0 Å². The normalized spacial score (nSPS) is 13.1. The summed E-state index contributed by atoms with van der Waals surface area (Å²) in [6.07, 6.45) is 4.14. The smallest absolute Gasteiger partial charge is 0.189 e. The van der Waals surface area contributed by atoms with Crippen molar-refractivity contribution >= 4 is 29.3 Å². The molecule has 0 aliphatic carbocycles. The first kappa shape index (κ1) is 19.2. The van der Waals surface area contributed by atoms with Crippen LogP contribution >= 0.6 is 11.8 Å². The lowest BCUT2D eigenvalue weighted by molar-refractivity contribution is 0.104.